The molecule has 0 aliphatic heterocycles. The van der Waals surface area contributed by atoms with E-state index in [1.165, 1.54) is 12.1 Å². The first-order valence-corrected chi connectivity index (χ1v) is 10.9. The number of nitrogens with one attached hydrogen (secondary N) is 1. The summed E-state index contributed by atoms with van der Waals surface area (Å²) in [6.45, 7) is 4.22. The molecule has 2 aromatic carbocycles. The second-order valence-corrected chi connectivity index (χ2v) is 8.92. The number of imidazole rings is 1. The van der Waals surface area contributed by atoms with E-state index in [9.17, 15) is 12.8 Å². The predicted octanol–water partition coefficient (Wildman–Crippen LogP) is 3.71. The van der Waals surface area contributed by atoms with Crippen LogP contribution in [0.4, 0.5) is 4.39 Å². The molecule has 0 fully saturated rings. The lowest BCUT2D eigenvalue weighted by Gasteiger charge is -2.11. The van der Waals surface area contributed by atoms with E-state index in [0.717, 1.165) is 16.7 Å². The van der Waals surface area contributed by atoms with Crippen LogP contribution < -0.4 is 4.72 Å². The lowest BCUT2D eigenvalue weighted by molar-refractivity contribution is 0.576. The van der Waals surface area contributed by atoms with Crippen molar-refractivity contribution in [2.45, 2.75) is 31.8 Å². The number of benzene rings is 2. The Morgan fingerprint density at radius 1 is 1.03 bits per heavy atom. The van der Waals surface area contributed by atoms with Crippen molar-refractivity contribution in [1.82, 2.24) is 19.3 Å². The summed E-state index contributed by atoms with van der Waals surface area (Å²) in [5, 5.41) is 0. The van der Waals surface area contributed by atoms with E-state index in [0.29, 0.717) is 23.5 Å². The van der Waals surface area contributed by atoms with Gasteiger partial charge in [0.05, 0.1) is 18.0 Å². The second kappa shape index (κ2) is 7.97. The van der Waals surface area contributed by atoms with Crippen molar-refractivity contribution in [3.8, 4) is 0 Å². The molecule has 4 aromatic rings. The van der Waals surface area contributed by atoms with E-state index in [1.807, 2.05) is 24.5 Å². The number of sulfonamides is 1. The van der Waals surface area contributed by atoms with Crippen molar-refractivity contribution in [3.05, 3.63) is 89.1 Å². The summed E-state index contributed by atoms with van der Waals surface area (Å²) in [6, 6.07) is 14.8. The van der Waals surface area contributed by atoms with E-state index in [1.54, 1.807) is 42.6 Å². The van der Waals surface area contributed by atoms with Crippen LogP contribution >= 0.6 is 0 Å². The highest BCUT2D eigenvalue weighted by molar-refractivity contribution is 7.89. The molecule has 0 radical (unpaired) electrons. The Morgan fingerprint density at radius 2 is 1.80 bits per heavy atom. The van der Waals surface area contributed by atoms with E-state index >= 15 is 0 Å². The van der Waals surface area contributed by atoms with Gasteiger partial charge in [0.2, 0.25) is 10.0 Å². The monoisotopic (exact) mass is 424 g/mol. The van der Waals surface area contributed by atoms with E-state index in [2.05, 4.69) is 14.7 Å². The highest BCUT2D eigenvalue weighted by atomic mass is 32.2. The topological polar surface area (TPSA) is 76.9 Å². The maximum atomic E-state index is 13.3. The minimum Gasteiger partial charge on any atom is -0.307 e. The van der Waals surface area contributed by atoms with Gasteiger partial charge in [-0.2, -0.15) is 0 Å². The number of hydrogen-bond acceptors (Lipinski definition) is 4. The largest absolute Gasteiger partial charge is 0.307 e. The molecule has 6 nitrogen and oxygen atoms in total. The average molecular weight is 425 g/mol. The van der Waals surface area contributed by atoms with Gasteiger partial charge in [-0.1, -0.05) is 18.2 Å². The van der Waals surface area contributed by atoms with Gasteiger partial charge in [0.1, 0.15) is 17.2 Å². The van der Waals surface area contributed by atoms with E-state index < -0.39 is 10.0 Å². The van der Waals surface area contributed by atoms with Crippen molar-refractivity contribution in [2.75, 3.05) is 0 Å². The van der Waals surface area contributed by atoms with Crippen molar-refractivity contribution in [1.29, 1.82) is 0 Å². The molecule has 0 atom stereocenters. The summed E-state index contributed by atoms with van der Waals surface area (Å²) < 4.78 is 43.3. The summed E-state index contributed by atoms with van der Waals surface area (Å²) in [6.07, 6.45) is 1.66. The molecule has 30 heavy (non-hydrogen) atoms. The Labute approximate surface area is 174 Å². The smallest absolute Gasteiger partial charge is 0.240 e. The van der Waals surface area contributed by atoms with Crippen LogP contribution in [0, 0.1) is 19.7 Å². The predicted molar refractivity (Wildman–Crippen MR) is 113 cm³/mol. The van der Waals surface area contributed by atoms with Gasteiger partial charge >= 0.3 is 0 Å². The fraction of sp³-hybridized carbons (Fsp3) is 0.182. The maximum absolute atomic E-state index is 13.3. The number of halogens is 1. The van der Waals surface area contributed by atoms with Gasteiger partial charge in [0.15, 0.2) is 5.65 Å². The van der Waals surface area contributed by atoms with E-state index in [4.69, 9.17) is 0 Å². The zero-order valence-electron chi connectivity index (χ0n) is 16.6. The third-order valence-electron chi connectivity index (χ3n) is 5.05. The molecule has 1 N–H and O–H groups in total. The number of aromatic nitrogens is 3. The van der Waals surface area contributed by atoms with Crippen LogP contribution in [0.1, 0.15) is 22.5 Å². The standard InChI is InChI=1S/C22H21FN4O2S/c1-15-5-10-19(12-16(15)2)30(28,29)25-13-21-26-20-4-3-11-24-22(20)27(21)14-17-6-8-18(23)9-7-17/h3-12,25H,13-14H2,1-2H3. The lowest BCUT2D eigenvalue weighted by Crippen LogP contribution is -2.25. The van der Waals surface area contributed by atoms with Gasteiger partial charge in [-0.15, -0.1) is 0 Å². The molecular formula is C22H21FN4O2S. The number of pyridine rings is 1. The summed E-state index contributed by atoms with van der Waals surface area (Å²) in [4.78, 5) is 9.16. The van der Waals surface area contributed by atoms with Crippen LogP contribution in [0.15, 0.2) is 65.7 Å². The zero-order valence-corrected chi connectivity index (χ0v) is 17.4. The Bertz CT molecular complexity index is 1310. The maximum Gasteiger partial charge on any atom is 0.240 e. The first-order valence-electron chi connectivity index (χ1n) is 9.45. The molecule has 154 valence electrons. The minimum absolute atomic E-state index is 0.00676. The van der Waals surface area contributed by atoms with Gasteiger partial charge < -0.3 is 4.57 Å². The summed E-state index contributed by atoms with van der Waals surface area (Å²) in [7, 11) is -3.70. The fourth-order valence-corrected chi connectivity index (χ4v) is 4.27. The first kappa shape index (κ1) is 20.2. The normalized spacial score (nSPS) is 11.8. The molecule has 2 heterocycles. The first-order chi connectivity index (χ1) is 14.3. The molecule has 0 amide bonds. The number of fused-ring (bicyclic) bond motifs is 1. The highest BCUT2D eigenvalue weighted by Gasteiger charge is 2.18. The summed E-state index contributed by atoms with van der Waals surface area (Å²) in [5.41, 5.74) is 4.11. The van der Waals surface area contributed by atoms with Crippen LogP contribution in [-0.4, -0.2) is 23.0 Å². The van der Waals surface area contributed by atoms with Crippen LogP contribution in [0.25, 0.3) is 11.2 Å². The van der Waals surface area contributed by atoms with Crippen molar-refractivity contribution in [2.24, 2.45) is 0 Å². The average Bonchev–Trinajstić information content (AvgIpc) is 3.08. The molecule has 0 unspecified atom stereocenters. The Hall–Kier alpha value is -3.10. The molecular weight excluding hydrogens is 403 g/mol. The van der Waals surface area contributed by atoms with Crippen molar-refractivity contribution >= 4 is 21.2 Å². The number of aryl methyl sites for hydroxylation is 2. The third-order valence-corrected chi connectivity index (χ3v) is 6.44. The molecule has 0 bridgehead atoms. The SMILES string of the molecule is Cc1ccc(S(=O)(=O)NCc2nc3cccnc3n2Cc2ccc(F)cc2)cc1C. The summed E-state index contributed by atoms with van der Waals surface area (Å²) >= 11 is 0. The molecule has 8 heteroatoms. The molecule has 0 aliphatic carbocycles. The van der Waals surface area contributed by atoms with Gasteiger partial charge in [-0.25, -0.2) is 27.5 Å². The van der Waals surface area contributed by atoms with Crippen molar-refractivity contribution in [3.63, 3.8) is 0 Å². The van der Waals surface area contributed by atoms with Crippen LogP contribution in [0.3, 0.4) is 0 Å². The van der Waals surface area contributed by atoms with Crippen LogP contribution in [0.2, 0.25) is 0 Å². The van der Waals surface area contributed by atoms with Gasteiger partial charge in [0.25, 0.3) is 0 Å². The van der Waals surface area contributed by atoms with Gasteiger partial charge in [0, 0.05) is 6.20 Å². The number of hydrogen-bond donors (Lipinski definition) is 1. The molecule has 4 rings (SSSR count). The molecule has 0 spiro atoms. The Morgan fingerprint density at radius 3 is 2.53 bits per heavy atom. The van der Waals surface area contributed by atoms with Crippen LogP contribution in [-0.2, 0) is 23.1 Å². The fourth-order valence-electron chi connectivity index (χ4n) is 3.20. The molecule has 0 saturated heterocycles. The molecule has 0 aliphatic rings. The molecule has 2 aromatic heterocycles. The number of nitrogens with zero attached hydrogens (tertiary/aromatic N) is 3. The minimum atomic E-state index is -3.70. The lowest BCUT2D eigenvalue weighted by atomic mass is 10.1. The van der Waals surface area contributed by atoms with E-state index in [-0.39, 0.29) is 17.3 Å². The van der Waals surface area contributed by atoms with Gasteiger partial charge in [-0.3, -0.25) is 0 Å². The van der Waals surface area contributed by atoms with Crippen molar-refractivity contribution < 1.29 is 12.8 Å². The second-order valence-electron chi connectivity index (χ2n) is 7.16. The third kappa shape index (κ3) is 4.10. The van der Waals surface area contributed by atoms with Gasteiger partial charge in [-0.05, 0) is 66.9 Å². The number of rotatable bonds is 6. The summed E-state index contributed by atoms with van der Waals surface area (Å²) in [5.74, 6) is 0.217. The zero-order chi connectivity index (χ0) is 21.3. The van der Waals surface area contributed by atoms with Crippen LogP contribution in [0.5, 0.6) is 0 Å². The Balaban J connectivity index is 1.65. The quantitative estimate of drug-likeness (QED) is 0.512. The molecule has 0 saturated carbocycles. The highest BCUT2D eigenvalue weighted by Crippen LogP contribution is 2.18. The Kier molecular flexibility index (Phi) is 5.36.